The minimum atomic E-state index is -0.428. The molecule has 1 aliphatic heterocycles. The molecule has 1 aromatic rings. The van der Waals surface area contributed by atoms with Gasteiger partial charge in [0.05, 0.1) is 13.2 Å². The van der Waals surface area contributed by atoms with E-state index in [0.29, 0.717) is 23.6 Å². The monoisotopic (exact) mass is 327 g/mol. The molecule has 0 saturated carbocycles. The molecule has 0 spiro atoms. The molecule has 0 aromatic heterocycles. The van der Waals surface area contributed by atoms with E-state index in [4.69, 9.17) is 17.3 Å². The highest BCUT2D eigenvalue weighted by molar-refractivity contribution is 6.44. The highest BCUT2D eigenvalue weighted by atomic mass is 16.5. The smallest absolute Gasteiger partial charge is 0.356 e. The molecule has 2 rings (SSSR count). The Morgan fingerprint density at radius 1 is 1.46 bits per heavy atom. The molecule has 2 atom stereocenters. The summed E-state index contributed by atoms with van der Waals surface area (Å²) in [6.07, 6.45) is 4.60. The second-order valence-corrected chi connectivity index (χ2v) is 6.33. The molecule has 128 valence electrons. The zero-order valence-electron chi connectivity index (χ0n) is 14.9. The Kier molecular flexibility index (Phi) is 7.04. The molecule has 1 fully saturated rings. The summed E-state index contributed by atoms with van der Waals surface area (Å²) in [5.41, 5.74) is 2.64. The first-order valence-corrected chi connectivity index (χ1v) is 8.67. The van der Waals surface area contributed by atoms with Crippen molar-refractivity contribution in [1.82, 2.24) is 0 Å². The minimum Gasteiger partial charge on any atom is -0.464 e. The van der Waals surface area contributed by atoms with Gasteiger partial charge in [-0.25, -0.2) is 4.79 Å². The van der Waals surface area contributed by atoms with Crippen molar-refractivity contribution in [2.24, 2.45) is 10.9 Å². The normalized spacial score (nSPS) is 19.8. The molecule has 2 unspecified atom stereocenters. The number of benzene rings is 1. The fourth-order valence-corrected chi connectivity index (χ4v) is 3.11. The molecule has 2 radical (unpaired) electrons. The van der Waals surface area contributed by atoms with E-state index in [1.807, 2.05) is 19.1 Å². The van der Waals surface area contributed by atoms with Crippen LogP contribution in [0.1, 0.15) is 43.7 Å². The van der Waals surface area contributed by atoms with Crippen molar-refractivity contribution >= 4 is 25.0 Å². The minimum absolute atomic E-state index is 0.230. The van der Waals surface area contributed by atoms with Crippen LogP contribution in [0.15, 0.2) is 23.2 Å². The van der Waals surface area contributed by atoms with E-state index >= 15 is 0 Å². The van der Waals surface area contributed by atoms with E-state index in [1.165, 1.54) is 13.5 Å². The number of ether oxygens (including phenoxy) is 2. The number of carbonyl (C=O) groups excluding carboxylic acids is 1. The number of esters is 1. The first kappa shape index (κ1) is 18.7. The Morgan fingerprint density at radius 2 is 2.25 bits per heavy atom. The number of hydrogen-bond acceptors (Lipinski definition) is 4. The van der Waals surface area contributed by atoms with Gasteiger partial charge < -0.3 is 9.47 Å². The van der Waals surface area contributed by atoms with Gasteiger partial charge in [0, 0.05) is 24.6 Å². The second-order valence-electron chi connectivity index (χ2n) is 6.33. The SMILES string of the molecule is [B]c1ccc(C)c(C(=NCC(CC)C2CCCCO2)C(=O)OC)c1. The molecular formula is C19H26BNO3. The number of aryl methyl sites for hydroxylation is 1. The predicted octanol–water partition coefficient (Wildman–Crippen LogP) is 2.35. The summed E-state index contributed by atoms with van der Waals surface area (Å²) in [5, 5.41) is 0. The Morgan fingerprint density at radius 3 is 2.88 bits per heavy atom. The van der Waals surface area contributed by atoms with E-state index < -0.39 is 5.97 Å². The summed E-state index contributed by atoms with van der Waals surface area (Å²) in [5.74, 6) is -0.116. The highest BCUT2D eigenvalue weighted by Crippen LogP contribution is 2.23. The Bertz CT molecular complexity index is 594. The summed E-state index contributed by atoms with van der Waals surface area (Å²) < 4.78 is 10.8. The van der Waals surface area contributed by atoms with Gasteiger partial charge in [-0.2, -0.15) is 0 Å². The fraction of sp³-hybridized carbons (Fsp3) is 0.579. The van der Waals surface area contributed by atoms with Gasteiger partial charge in [0.25, 0.3) is 0 Å². The summed E-state index contributed by atoms with van der Waals surface area (Å²) in [6.45, 7) is 5.46. The molecule has 4 nitrogen and oxygen atoms in total. The van der Waals surface area contributed by atoms with E-state index in [9.17, 15) is 4.79 Å². The number of aliphatic imine (C=N–C) groups is 1. The van der Waals surface area contributed by atoms with Crippen LogP contribution in [0, 0.1) is 12.8 Å². The van der Waals surface area contributed by atoms with Crippen molar-refractivity contribution in [3.8, 4) is 0 Å². The van der Waals surface area contributed by atoms with E-state index in [2.05, 4.69) is 11.9 Å². The second kappa shape index (κ2) is 9.02. The number of carbonyl (C=O) groups is 1. The van der Waals surface area contributed by atoms with E-state index in [0.717, 1.165) is 37.0 Å². The van der Waals surface area contributed by atoms with Crippen molar-refractivity contribution in [2.75, 3.05) is 20.3 Å². The molecule has 0 N–H and O–H groups in total. The maximum Gasteiger partial charge on any atom is 0.356 e. The van der Waals surface area contributed by atoms with Crippen LogP contribution in [0.2, 0.25) is 0 Å². The lowest BCUT2D eigenvalue weighted by Crippen LogP contribution is -2.30. The fourth-order valence-electron chi connectivity index (χ4n) is 3.11. The average Bonchev–Trinajstić information content (AvgIpc) is 2.61. The molecular weight excluding hydrogens is 301 g/mol. The zero-order valence-corrected chi connectivity index (χ0v) is 14.9. The average molecular weight is 327 g/mol. The maximum atomic E-state index is 12.2. The number of hydrogen-bond donors (Lipinski definition) is 0. The molecule has 0 aliphatic carbocycles. The topological polar surface area (TPSA) is 47.9 Å². The molecule has 5 heteroatoms. The van der Waals surface area contributed by atoms with Crippen LogP contribution in [-0.2, 0) is 14.3 Å². The van der Waals surface area contributed by atoms with Crippen molar-refractivity contribution in [3.05, 3.63) is 29.3 Å². The van der Waals surface area contributed by atoms with Gasteiger partial charge in [-0.15, -0.1) is 0 Å². The quantitative estimate of drug-likeness (QED) is 0.458. The first-order chi connectivity index (χ1) is 11.6. The summed E-state index contributed by atoms with van der Waals surface area (Å²) in [4.78, 5) is 16.8. The first-order valence-electron chi connectivity index (χ1n) is 8.67. The maximum absolute atomic E-state index is 12.2. The third kappa shape index (κ3) is 4.70. The van der Waals surface area contributed by atoms with Crippen molar-refractivity contribution < 1.29 is 14.3 Å². The number of rotatable bonds is 6. The van der Waals surface area contributed by atoms with Crippen molar-refractivity contribution in [1.29, 1.82) is 0 Å². The van der Waals surface area contributed by atoms with Gasteiger partial charge >= 0.3 is 5.97 Å². The van der Waals surface area contributed by atoms with Crippen LogP contribution in [0.25, 0.3) is 0 Å². The van der Waals surface area contributed by atoms with Crippen molar-refractivity contribution in [2.45, 2.75) is 45.6 Å². The summed E-state index contributed by atoms with van der Waals surface area (Å²) in [7, 11) is 7.25. The van der Waals surface area contributed by atoms with Gasteiger partial charge in [0.2, 0.25) is 0 Å². The van der Waals surface area contributed by atoms with Crippen LogP contribution >= 0.6 is 0 Å². The van der Waals surface area contributed by atoms with Crippen LogP contribution in [-0.4, -0.2) is 45.9 Å². The molecule has 1 heterocycles. The standard InChI is InChI=1S/C19H26BNO3/c1-4-14(17-7-5-6-10-24-17)12-21-18(19(22)23-3)16-11-15(20)9-8-13(16)2/h8-9,11,14,17H,4-7,10,12H2,1-3H3. The van der Waals surface area contributed by atoms with Crippen molar-refractivity contribution in [3.63, 3.8) is 0 Å². The molecule has 0 amide bonds. The van der Waals surface area contributed by atoms with Crippen LogP contribution in [0.3, 0.4) is 0 Å². The van der Waals surface area contributed by atoms with Gasteiger partial charge in [0.1, 0.15) is 7.85 Å². The molecule has 1 aliphatic rings. The summed E-state index contributed by atoms with van der Waals surface area (Å²) >= 11 is 0. The largest absolute Gasteiger partial charge is 0.464 e. The highest BCUT2D eigenvalue weighted by Gasteiger charge is 2.24. The number of methoxy groups -OCH3 is 1. The Hall–Kier alpha value is -1.62. The van der Waals surface area contributed by atoms with E-state index in [1.54, 1.807) is 6.07 Å². The van der Waals surface area contributed by atoms with Gasteiger partial charge in [-0.3, -0.25) is 4.99 Å². The van der Waals surface area contributed by atoms with Gasteiger partial charge in [-0.05, 0) is 38.2 Å². The molecule has 1 aromatic carbocycles. The lowest BCUT2D eigenvalue weighted by molar-refractivity contribution is -0.132. The third-order valence-electron chi connectivity index (χ3n) is 4.64. The van der Waals surface area contributed by atoms with Crippen LogP contribution < -0.4 is 5.46 Å². The molecule has 1 saturated heterocycles. The lowest BCUT2D eigenvalue weighted by Gasteiger charge is -2.29. The zero-order chi connectivity index (χ0) is 17.5. The van der Waals surface area contributed by atoms with Gasteiger partial charge in [0.15, 0.2) is 5.71 Å². The Labute approximate surface area is 146 Å². The Balaban J connectivity index is 2.24. The van der Waals surface area contributed by atoms with E-state index in [-0.39, 0.29) is 6.10 Å². The van der Waals surface area contributed by atoms with Crippen LogP contribution in [0.5, 0.6) is 0 Å². The third-order valence-corrected chi connectivity index (χ3v) is 4.64. The molecule has 0 bridgehead atoms. The van der Waals surface area contributed by atoms with Crippen LogP contribution in [0.4, 0.5) is 0 Å². The summed E-state index contributed by atoms with van der Waals surface area (Å²) in [6, 6.07) is 5.49. The predicted molar refractivity (Wildman–Crippen MR) is 97.4 cm³/mol. The lowest BCUT2D eigenvalue weighted by atomic mass is 9.90. The molecule has 24 heavy (non-hydrogen) atoms. The number of nitrogens with zero attached hydrogens (tertiary/aromatic N) is 1. The van der Waals surface area contributed by atoms with Gasteiger partial charge in [-0.1, -0.05) is 30.6 Å².